The Hall–Kier alpha value is -2.62. The van der Waals surface area contributed by atoms with E-state index in [1.165, 1.54) is 6.92 Å². The van der Waals surface area contributed by atoms with Crippen LogP contribution in [-0.4, -0.2) is 23.2 Å². The Morgan fingerprint density at radius 2 is 2.08 bits per heavy atom. The molecule has 0 fully saturated rings. The molecular formula is C18H14IN3O3. The highest BCUT2D eigenvalue weighted by Gasteiger charge is 2.31. The lowest BCUT2D eigenvalue weighted by Crippen LogP contribution is -2.45. The molecule has 0 saturated carbocycles. The molecule has 0 aliphatic heterocycles. The normalized spacial score (nSPS) is 12.4. The van der Waals surface area contributed by atoms with Crippen molar-refractivity contribution in [3.8, 4) is 11.8 Å². The van der Waals surface area contributed by atoms with Crippen LogP contribution in [0.3, 0.4) is 0 Å². The van der Waals surface area contributed by atoms with Crippen LogP contribution in [0.25, 0.3) is 4.85 Å². The number of anilines is 1. The average Bonchev–Trinajstić information content (AvgIpc) is 2.60. The quantitative estimate of drug-likeness (QED) is 0.543. The van der Waals surface area contributed by atoms with Gasteiger partial charge in [0.05, 0.1) is 18.2 Å². The lowest BCUT2D eigenvalue weighted by Gasteiger charge is -2.22. The molecule has 0 saturated heterocycles. The van der Waals surface area contributed by atoms with Crippen molar-refractivity contribution >= 4 is 39.9 Å². The molecule has 0 bridgehead atoms. The summed E-state index contributed by atoms with van der Waals surface area (Å²) in [6.45, 7) is 8.12. The summed E-state index contributed by atoms with van der Waals surface area (Å²) in [6.07, 6.45) is 0. The first-order chi connectivity index (χ1) is 11.9. The molecule has 7 heteroatoms. The summed E-state index contributed by atoms with van der Waals surface area (Å²) in [6, 6.07) is 13.2. The van der Waals surface area contributed by atoms with E-state index in [4.69, 9.17) is 16.6 Å². The molecule has 0 aliphatic carbocycles. The Kier molecular flexibility index (Phi) is 5.97. The maximum atomic E-state index is 12.3. The summed E-state index contributed by atoms with van der Waals surface area (Å²) >= 11 is 2.01. The molecule has 0 aliphatic rings. The smallest absolute Gasteiger partial charge is 0.259 e. The largest absolute Gasteiger partial charge is 0.490 e. The number of amides is 1. The van der Waals surface area contributed by atoms with Crippen LogP contribution in [0.1, 0.15) is 12.5 Å². The lowest BCUT2D eigenvalue weighted by atomic mass is 10.1. The highest BCUT2D eigenvalue weighted by Crippen LogP contribution is 2.25. The Labute approximate surface area is 159 Å². The number of hydrogen-bond donors (Lipinski definition) is 2. The Morgan fingerprint density at radius 3 is 2.64 bits per heavy atom. The average molecular weight is 447 g/mol. The number of carbonyl (C=O) groups is 1. The zero-order valence-corrected chi connectivity index (χ0v) is 15.4. The van der Waals surface area contributed by atoms with E-state index in [-0.39, 0.29) is 6.61 Å². The topological polar surface area (TPSA) is 86.7 Å². The Balaban J connectivity index is 2.00. The summed E-state index contributed by atoms with van der Waals surface area (Å²) in [5, 5.41) is 21.7. The monoisotopic (exact) mass is 447 g/mol. The highest BCUT2D eigenvalue weighted by molar-refractivity contribution is 14.1. The minimum absolute atomic E-state index is 0.248. The van der Waals surface area contributed by atoms with Crippen molar-refractivity contribution in [3.63, 3.8) is 0 Å². The van der Waals surface area contributed by atoms with Crippen molar-refractivity contribution in [2.75, 3.05) is 11.9 Å². The molecular weight excluding hydrogens is 433 g/mol. The van der Waals surface area contributed by atoms with Gasteiger partial charge in [-0.25, -0.2) is 4.85 Å². The van der Waals surface area contributed by atoms with E-state index in [1.807, 2.05) is 28.7 Å². The van der Waals surface area contributed by atoms with Crippen LogP contribution in [0.2, 0.25) is 0 Å². The summed E-state index contributed by atoms with van der Waals surface area (Å²) in [4.78, 5) is 15.6. The van der Waals surface area contributed by atoms with Gasteiger partial charge in [-0.15, -0.1) is 0 Å². The SMILES string of the molecule is [C-]#[N+]c1ccc(NC(=O)[C@@](C)(O)COc2ccc(C#N)cc2)cc1I. The van der Waals surface area contributed by atoms with Gasteiger partial charge in [0.15, 0.2) is 11.3 Å². The van der Waals surface area contributed by atoms with Gasteiger partial charge < -0.3 is 15.2 Å². The molecule has 0 radical (unpaired) electrons. The Bertz CT molecular complexity index is 865. The molecule has 2 N–H and O–H groups in total. The number of halogens is 1. The fraction of sp³-hybridized carbons (Fsp3) is 0.167. The van der Waals surface area contributed by atoms with Crippen molar-refractivity contribution < 1.29 is 14.6 Å². The van der Waals surface area contributed by atoms with E-state index in [9.17, 15) is 9.90 Å². The third kappa shape index (κ3) is 4.92. The maximum Gasteiger partial charge on any atom is 0.259 e. The van der Waals surface area contributed by atoms with E-state index in [0.29, 0.717) is 26.3 Å². The molecule has 2 rings (SSSR count). The number of hydrogen-bond acceptors (Lipinski definition) is 4. The van der Waals surface area contributed by atoms with Gasteiger partial charge in [-0.3, -0.25) is 4.79 Å². The van der Waals surface area contributed by atoms with Crippen LogP contribution in [-0.2, 0) is 4.79 Å². The summed E-state index contributed by atoms with van der Waals surface area (Å²) in [5.74, 6) is -0.171. The van der Waals surface area contributed by atoms with E-state index in [1.54, 1.807) is 42.5 Å². The molecule has 0 aromatic heterocycles. The molecule has 1 atom stereocenters. The number of rotatable bonds is 5. The molecule has 0 spiro atoms. The first kappa shape index (κ1) is 18.7. The number of nitriles is 1. The minimum atomic E-state index is -1.75. The molecule has 25 heavy (non-hydrogen) atoms. The van der Waals surface area contributed by atoms with E-state index < -0.39 is 11.5 Å². The van der Waals surface area contributed by atoms with Crippen molar-refractivity contribution in [2.45, 2.75) is 12.5 Å². The molecule has 6 nitrogen and oxygen atoms in total. The second-order valence-corrected chi connectivity index (χ2v) is 6.59. The minimum Gasteiger partial charge on any atom is -0.490 e. The standard InChI is InChI=1S/C18H14IN3O3/c1-18(24,11-25-14-6-3-12(10-20)4-7-14)17(23)22-13-5-8-16(21-2)15(19)9-13/h3-9,24H,11H2,1H3,(H,22,23)/t18-/m0/s1. The van der Waals surface area contributed by atoms with Gasteiger partial charge in [0.1, 0.15) is 12.4 Å². The number of carbonyl (C=O) groups excluding carboxylic acids is 1. The molecule has 2 aromatic carbocycles. The van der Waals surface area contributed by atoms with Crippen LogP contribution < -0.4 is 10.1 Å². The number of ether oxygens (including phenoxy) is 1. The molecule has 126 valence electrons. The van der Waals surface area contributed by atoms with Crippen LogP contribution >= 0.6 is 22.6 Å². The highest BCUT2D eigenvalue weighted by atomic mass is 127. The van der Waals surface area contributed by atoms with Crippen molar-refractivity contribution in [3.05, 3.63) is 63.0 Å². The first-order valence-corrected chi connectivity index (χ1v) is 8.27. The van der Waals surface area contributed by atoms with Crippen LogP contribution in [0.5, 0.6) is 5.75 Å². The van der Waals surface area contributed by atoms with Crippen molar-refractivity contribution in [1.82, 2.24) is 0 Å². The fourth-order valence-corrected chi connectivity index (χ4v) is 2.49. The number of aliphatic hydroxyl groups is 1. The molecule has 0 unspecified atom stereocenters. The van der Waals surface area contributed by atoms with Gasteiger partial charge in [0, 0.05) is 9.26 Å². The van der Waals surface area contributed by atoms with Gasteiger partial charge in [-0.05, 0) is 43.3 Å². The third-order valence-corrected chi connectivity index (χ3v) is 4.18. The summed E-state index contributed by atoms with van der Waals surface area (Å²) in [7, 11) is 0. The number of nitrogens with zero attached hydrogens (tertiary/aromatic N) is 2. The van der Waals surface area contributed by atoms with Crippen LogP contribution in [0.4, 0.5) is 11.4 Å². The molecule has 2 aromatic rings. The van der Waals surface area contributed by atoms with E-state index in [0.717, 1.165) is 0 Å². The van der Waals surface area contributed by atoms with Gasteiger partial charge in [-0.1, -0.05) is 28.7 Å². The number of nitrogens with one attached hydrogen (secondary N) is 1. The summed E-state index contributed by atoms with van der Waals surface area (Å²) in [5.41, 5.74) is -0.276. The molecule has 0 heterocycles. The van der Waals surface area contributed by atoms with Crippen molar-refractivity contribution in [2.24, 2.45) is 0 Å². The van der Waals surface area contributed by atoms with Crippen molar-refractivity contribution in [1.29, 1.82) is 5.26 Å². The van der Waals surface area contributed by atoms with Gasteiger partial charge in [0.2, 0.25) is 0 Å². The predicted molar refractivity (Wildman–Crippen MR) is 101 cm³/mol. The second kappa shape index (κ2) is 7.97. The summed E-state index contributed by atoms with van der Waals surface area (Å²) < 4.78 is 6.14. The van der Waals surface area contributed by atoms with E-state index in [2.05, 4.69) is 10.2 Å². The predicted octanol–water partition coefficient (Wildman–Crippen LogP) is 3.48. The van der Waals surface area contributed by atoms with E-state index >= 15 is 0 Å². The fourth-order valence-electron chi connectivity index (χ4n) is 1.86. The van der Waals surface area contributed by atoms with Crippen LogP contribution in [0.15, 0.2) is 42.5 Å². The maximum absolute atomic E-state index is 12.3. The Morgan fingerprint density at radius 1 is 1.40 bits per heavy atom. The van der Waals surface area contributed by atoms with Gasteiger partial charge >= 0.3 is 0 Å². The number of benzene rings is 2. The van der Waals surface area contributed by atoms with Crippen LogP contribution in [0, 0.1) is 21.5 Å². The molecule has 1 amide bonds. The zero-order valence-electron chi connectivity index (χ0n) is 13.3. The third-order valence-electron chi connectivity index (χ3n) is 3.32. The first-order valence-electron chi connectivity index (χ1n) is 7.19. The van der Waals surface area contributed by atoms with Gasteiger partial charge in [-0.2, -0.15) is 5.26 Å². The zero-order chi connectivity index (χ0) is 18.4. The lowest BCUT2D eigenvalue weighted by molar-refractivity contribution is -0.135. The second-order valence-electron chi connectivity index (χ2n) is 5.43. The van der Waals surface area contributed by atoms with Gasteiger partial charge in [0.25, 0.3) is 5.91 Å².